The van der Waals surface area contributed by atoms with Gasteiger partial charge in [-0.2, -0.15) is 0 Å². The standard InChI is InChI=1S/C8H15NO2.ClH/c9-7(4-5-10)8-3-1-2-6-11-8;/h2,6-8,10H,1,3-5,9H2;1H. The van der Waals surface area contributed by atoms with Crippen molar-refractivity contribution in [2.75, 3.05) is 6.61 Å². The first-order chi connectivity index (χ1) is 5.34. The fourth-order valence-corrected chi connectivity index (χ4v) is 1.20. The molecule has 0 aromatic heterocycles. The average molecular weight is 194 g/mol. The molecule has 0 amide bonds. The molecule has 0 saturated carbocycles. The van der Waals surface area contributed by atoms with Crippen molar-refractivity contribution in [3.05, 3.63) is 12.3 Å². The quantitative estimate of drug-likeness (QED) is 0.698. The maximum absolute atomic E-state index is 8.61. The fraction of sp³-hybridized carbons (Fsp3) is 0.750. The molecule has 0 aliphatic carbocycles. The van der Waals surface area contributed by atoms with Gasteiger partial charge in [-0.3, -0.25) is 0 Å². The van der Waals surface area contributed by atoms with Gasteiger partial charge in [0.2, 0.25) is 0 Å². The maximum Gasteiger partial charge on any atom is 0.113 e. The predicted octanol–water partition coefficient (Wildman–Crippen LogP) is 0.811. The van der Waals surface area contributed by atoms with Gasteiger partial charge < -0.3 is 15.6 Å². The lowest BCUT2D eigenvalue weighted by atomic mass is 10.0. The third-order valence-corrected chi connectivity index (χ3v) is 1.91. The van der Waals surface area contributed by atoms with E-state index in [0.717, 1.165) is 12.8 Å². The van der Waals surface area contributed by atoms with E-state index in [0.29, 0.717) is 6.42 Å². The zero-order valence-electron chi connectivity index (χ0n) is 6.98. The maximum atomic E-state index is 8.61. The van der Waals surface area contributed by atoms with Crippen molar-refractivity contribution in [3.63, 3.8) is 0 Å². The van der Waals surface area contributed by atoms with Gasteiger partial charge in [0.25, 0.3) is 0 Å². The Morgan fingerprint density at radius 1 is 1.67 bits per heavy atom. The Hall–Kier alpha value is -0.250. The number of rotatable bonds is 3. The first kappa shape index (κ1) is 11.8. The number of aliphatic hydroxyl groups is 1. The van der Waals surface area contributed by atoms with Gasteiger partial charge in [0, 0.05) is 12.6 Å². The highest BCUT2D eigenvalue weighted by Crippen LogP contribution is 2.13. The minimum Gasteiger partial charge on any atom is -0.497 e. The van der Waals surface area contributed by atoms with Gasteiger partial charge in [-0.15, -0.1) is 12.4 Å². The van der Waals surface area contributed by atoms with Crippen LogP contribution in [-0.4, -0.2) is 23.9 Å². The molecule has 1 aliphatic heterocycles. The van der Waals surface area contributed by atoms with E-state index in [4.69, 9.17) is 15.6 Å². The van der Waals surface area contributed by atoms with Crippen molar-refractivity contribution in [1.29, 1.82) is 0 Å². The monoisotopic (exact) mass is 193 g/mol. The van der Waals surface area contributed by atoms with E-state index in [1.54, 1.807) is 6.26 Å². The SMILES string of the molecule is Cl.NC(CCO)C1CCC=CO1. The largest absolute Gasteiger partial charge is 0.497 e. The molecule has 0 bridgehead atoms. The van der Waals surface area contributed by atoms with Crippen LogP contribution >= 0.6 is 12.4 Å². The third kappa shape index (κ3) is 3.43. The first-order valence-electron chi connectivity index (χ1n) is 4.01. The molecular weight excluding hydrogens is 178 g/mol. The lowest BCUT2D eigenvalue weighted by molar-refractivity contribution is 0.0886. The smallest absolute Gasteiger partial charge is 0.113 e. The van der Waals surface area contributed by atoms with Crippen molar-refractivity contribution in [3.8, 4) is 0 Å². The van der Waals surface area contributed by atoms with E-state index < -0.39 is 0 Å². The topological polar surface area (TPSA) is 55.5 Å². The lowest BCUT2D eigenvalue weighted by Crippen LogP contribution is -2.37. The van der Waals surface area contributed by atoms with E-state index in [1.807, 2.05) is 6.08 Å². The highest BCUT2D eigenvalue weighted by Gasteiger charge is 2.18. The number of nitrogens with two attached hydrogens (primary N) is 1. The Bertz CT molecular complexity index is 141. The van der Waals surface area contributed by atoms with Crippen LogP contribution in [0, 0.1) is 0 Å². The summed E-state index contributed by atoms with van der Waals surface area (Å²) in [4.78, 5) is 0. The molecule has 2 unspecified atom stereocenters. The average Bonchev–Trinajstić information content (AvgIpc) is 2.07. The van der Waals surface area contributed by atoms with Crippen LogP contribution in [0.5, 0.6) is 0 Å². The number of halogens is 1. The van der Waals surface area contributed by atoms with Crippen molar-refractivity contribution >= 4 is 12.4 Å². The second-order valence-corrected chi connectivity index (χ2v) is 2.80. The van der Waals surface area contributed by atoms with Crippen LogP contribution in [0.15, 0.2) is 12.3 Å². The van der Waals surface area contributed by atoms with Crippen molar-refractivity contribution in [1.82, 2.24) is 0 Å². The molecule has 0 aromatic carbocycles. The summed E-state index contributed by atoms with van der Waals surface area (Å²) in [5, 5.41) is 8.61. The molecule has 0 saturated heterocycles. The van der Waals surface area contributed by atoms with Gasteiger partial charge >= 0.3 is 0 Å². The van der Waals surface area contributed by atoms with Crippen molar-refractivity contribution < 1.29 is 9.84 Å². The Morgan fingerprint density at radius 2 is 2.42 bits per heavy atom. The van der Waals surface area contributed by atoms with E-state index in [9.17, 15) is 0 Å². The minimum absolute atomic E-state index is 0. The van der Waals surface area contributed by atoms with Crippen molar-refractivity contribution in [2.24, 2.45) is 5.73 Å². The van der Waals surface area contributed by atoms with Gasteiger partial charge in [-0.05, 0) is 25.3 Å². The molecule has 3 N–H and O–H groups in total. The number of hydrogen-bond acceptors (Lipinski definition) is 3. The van der Waals surface area contributed by atoms with Gasteiger partial charge in [-0.1, -0.05) is 0 Å². The molecule has 0 fully saturated rings. The molecule has 12 heavy (non-hydrogen) atoms. The third-order valence-electron chi connectivity index (χ3n) is 1.91. The number of allylic oxidation sites excluding steroid dienone is 1. The molecule has 0 radical (unpaired) electrons. The Kier molecular flexibility index (Phi) is 6.16. The Morgan fingerprint density at radius 3 is 2.92 bits per heavy atom. The molecule has 0 spiro atoms. The Balaban J connectivity index is 0.00000121. The van der Waals surface area contributed by atoms with Crippen LogP contribution < -0.4 is 5.73 Å². The van der Waals surface area contributed by atoms with Gasteiger partial charge in [0.05, 0.1) is 6.26 Å². The van der Waals surface area contributed by atoms with Crippen LogP contribution in [0.25, 0.3) is 0 Å². The van der Waals surface area contributed by atoms with Crippen LogP contribution in [0.1, 0.15) is 19.3 Å². The number of hydrogen-bond donors (Lipinski definition) is 2. The van der Waals surface area contributed by atoms with E-state index in [2.05, 4.69) is 0 Å². The van der Waals surface area contributed by atoms with Crippen LogP contribution in [0.4, 0.5) is 0 Å². The van der Waals surface area contributed by atoms with E-state index in [1.165, 1.54) is 0 Å². The summed E-state index contributed by atoms with van der Waals surface area (Å²) in [7, 11) is 0. The molecule has 72 valence electrons. The molecule has 3 nitrogen and oxygen atoms in total. The van der Waals surface area contributed by atoms with Gasteiger partial charge in [0.15, 0.2) is 0 Å². The van der Waals surface area contributed by atoms with E-state index in [-0.39, 0.29) is 31.2 Å². The van der Waals surface area contributed by atoms with Crippen molar-refractivity contribution in [2.45, 2.75) is 31.4 Å². The number of aliphatic hydroxyl groups excluding tert-OH is 1. The second kappa shape index (κ2) is 6.29. The summed E-state index contributed by atoms with van der Waals surface area (Å²) in [6.45, 7) is 0.144. The molecule has 1 aliphatic rings. The lowest BCUT2D eigenvalue weighted by Gasteiger charge is -2.24. The van der Waals surface area contributed by atoms with Gasteiger partial charge in [-0.25, -0.2) is 0 Å². The molecule has 2 atom stereocenters. The summed E-state index contributed by atoms with van der Waals surface area (Å²) in [6, 6.07) is -0.0232. The summed E-state index contributed by atoms with van der Waals surface area (Å²) in [6.07, 6.45) is 6.42. The molecular formula is C8H16ClNO2. The minimum atomic E-state index is -0.0232. The zero-order chi connectivity index (χ0) is 8.10. The molecule has 1 heterocycles. The summed E-state index contributed by atoms with van der Waals surface area (Å²) >= 11 is 0. The molecule has 4 heteroatoms. The fourth-order valence-electron chi connectivity index (χ4n) is 1.20. The summed E-state index contributed by atoms with van der Waals surface area (Å²) in [5.41, 5.74) is 5.74. The van der Waals surface area contributed by atoms with E-state index >= 15 is 0 Å². The molecule has 1 rings (SSSR count). The first-order valence-corrected chi connectivity index (χ1v) is 4.01. The van der Waals surface area contributed by atoms with Crippen LogP contribution in [-0.2, 0) is 4.74 Å². The summed E-state index contributed by atoms with van der Waals surface area (Å²) < 4.78 is 5.28. The number of ether oxygens (including phenoxy) is 1. The highest BCUT2D eigenvalue weighted by molar-refractivity contribution is 5.85. The highest BCUT2D eigenvalue weighted by atomic mass is 35.5. The van der Waals surface area contributed by atoms with Crippen LogP contribution in [0.3, 0.4) is 0 Å². The second-order valence-electron chi connectivity index (χ2n) is 2.80. The normalized spacial score (nSPS) is 24.0. The molecule has 0 aromatic rings. The van der Waals surface area contributed by atoms with Gasteiger partial charge in [0.1, 0.15) is 6.10 Å². The summed E-state index contributed by atoms with van der Waals surface area (Å²) in [5.74, 6) is 0. The Labute approximate surface area is 79.0 Å². The van der Waals surface area contributed by atoms with Crippen LogP contribution in [0.2, 0.25) is 0 Å². The predicted molar refractivity (Wildman–Crippen MR) is 50.2 cm³/mol. The zero-order valence-corrected chi connectivity index (χ0v) is 7.80.